The number of benzene rings is 1. The van der Waals surface area contributed by atoms with E-state index in [1.54, 1.807) is 6.07 Å². The van der Waals surface area contributed by atoms with Crippen LogP contribution in [-0.2, 0) is 0 Å². The number of nitrogens with zero attached hydrogens (tertiary/aromatic N) is 3. The summed E-state index contributed by atoms with van der Waals surface area (Å²) in [5.74, 6) is -0.161. The van der Waals surface area contributed by atoms with Crippen molar-refractivity contribution in [2.45, 2.75) is 31.3 Å². The zero-order valence-corrected chi connectivity index (χ0v) is 12.5. The van der Waals surface area contributed by atoms with Crippen LogP contribution in [0, 0.1) is 10.1 Å². The predicted molar refractivity (Wildman–Crippen MR) is 83.2 cm³/mol. The molecule has 2 N–H and O–H groups in total. The third-order valence-corrected chi connectivity index (χ3v) is 4.77. The highest BCUT2D eigenvalue weighted by Gasteiger charge is 2.32. The summed E-state index contributed by atoms with van der Waals surface area (Å²) >= 11 is 0. The maximum Gasteiger partial charge on any atom is 0.275 e. The molecule has 3 heterocycles. The Kier molecular flexibility index (Phi) is 3.26. The number of aromatic nitrogens is 2. The Bertz CT molecular complexity index is 787. The van der Waals surface area contributed by atoms with Crippen LogP contribution in [-0.4, -0.2) is 51.1 Å². The molecule has 8 nitrogen and oxygen atoms in total. The predicted octanol–water partition coefficient (Wildman–Crippen LogP) is 1.44. The Morgan fingerprint density at radius 1 is 1.30 bits per heavy atom. The maximum atomic E-state index is 12.8. The lowest BCUT2D eigenvalue weighted by Crippen LogP contribution is -2.39. The molecule has 8 heteroatoms. The Hall–Kier alpha value is -2.48. The molecule has 2 aromatic rings. The van der Waals surface area contributed by atoms with Crippen LogP contribution in [0.5, 0.6) is 0 Å². The number of likely N-dealkylation sites (tertiary alicyclic amines) is 1. The molecule has 2 fully saturated rings. The van der Waals surface area contributed by atoms with E-state index in [1.807, 2.05) is 4.90 Å². The van der Waals surface area contributed by atoms with Gasteiger partial charge >= 0.3 is 0 Å². The maximum absolute atomic E-state index is 12.8. The quantitative estimate of drug-likeness (QED) is 0.644. The summed E-state index contributed by atoms with van der Waals surface area (Å²) in [4.78, 5) is 25.1. The summed E-state index contributed by atoms with van der Waals surface area (Å²) < 4.78 is 0. The number of nitrogens with one attached hydrogen (secondary N) is 2. The Balaban J connectivity index is 1.66. The zero-order valence-electron chi connectivity index (χ0n) is 12.5. The van der Waals surface area contributed by atoms with Crippen LogP contribution in [0.25, 0.3) is 10.9 Å². The number of aromatic amines is 1. The van der Waals surface area contributed by atoms with Crippen molar-refractivity contribution in [2.24, 2.45) is 0 Å². The van der Waals surface area contributed by atoms with Gasteiger partial charge in [-0.2, -0.15) is 5.10 Å². The van der Waals surface area contributed by atoms with Gasteiger partial charge < -0.3 is 10.2 Å². The molecule has 120 valence electrons. The Morgan fingerprint density at radius 3 is 2.96 bits per heavy atom. The summed E-state index contributed by atoms with van der Waals surface area (Å²) in [7, 11) is 0. The number of carbonyl (C=O) groups excluding carboxylic acids is 1. The highest BCUT2D eigenvalue weighted by Crippen LogP contribution is 2.25. The second kappa shape index (κ2) is 5.31. The average molecular weight is 315 g/mol. The van der Waals surface area contributed by atoms with E-state index in [1.165, 1.54) is 18.6 Å². The van der Waals surface area contributed by atoms with Gasteiger partial charge in [0.05, 0.1) is 10.4 Å². The van der Waals surface area contributed by atoms with Gasteiger partial charge in [-0.1, -0.05) is 0 Å². The largest absolute Gasteiger partial charge is 0.336 e. The van der Waals surface area contributed by atoms with E-state index >= 15 is 0 Å². The van der Waals surface area contributed by atoms with E-state index in [0.29, 0.717) is 36.1 Å². The number of nitro benzene ring substituents is 1. The van der Waals surface area contributed by atoms with Gasteiger partial charge in [0, 0.05) is 42.7 Å². The normalized spacial score (nSPS) is 23.9. The molecule has 2 bridgehead atoms. The highest BCUT2D eigenvalue weighted by molar-refractivity contribution is 6.05. The Labute approximate surface area is 132 Å². The van der Waals surface area contributed by atoms with Gasteiger partial charge in [-0.05, 0) is 25.3 Å². The fourth-order valence-corrected chi connectivity index (χ4v) is 3.56. The number of hydrogen-bond donors (Lipinski definition) is 2. The molecule has 2 aliphatic rings. The fourth-order valence-electron chi connectivity index (χ4n) is 3.56. The first-order valence-electron chi connectivity index (χ1n) is 7.79. The molecule has 0 spiro atoms. The van der Waals surface area contributed by atoms with E-state index < -0.39 is 4.92 Å². The van der Waals surface area contributed by atoms with Crippen LogP contribution >= 0.6 is 0 Å². The standard InChI is InChI=1S/C15H17N5O3/c21-15(19-6-5-9-1-2-10(8-19)16-9)14-12-7-11(20(22)23)3-4-13(12)17-18-14/h3-4,7,9-10,16H,1-2,5-6,8H2,(H,17,18). The van der Waals surface area contributed by atoms with Crippen molar-refractivity contribution in [1.82, 2.24) is 20.4 Å². The van der Waals surface area contributed by atoms with Crippen molar-refractivity contribution in [2.75, 3.05) is 13.1 Å². The van der Waals surface area contributed by atoms with Crippen LogP contribution in [0.3, 0.4) is 0 Å². The monoisotopic (exact) mass is 315 g/mol. The summed E-state index contributed by atoms with van der Waals surface area (Å²) in [5.41, 5.74) is 0.861. The van der Waals surface area contributed by atoms with Crippen molar-refractivity contribution in [3.63, 3.8) is 0 Å². The minimum absolute atomic E-state index is 0.0375. The van der Waals surface area contributed by atoms with E-state index in [-0.39, 0.29) is 17.3 Å². The van der Waals surface area contributed by atoms with Gasteiger partial charge in [0.25, 0.3) is 11.6 Å². The van der Waals surface area contributed by atoms with Crippen molar-refractivity contribution in [3.05, 3.63) is 34.0 Å². The van der Waals surface area contributed by atoms with Crippen molar-refractivity contribution in [1.29, 1.82) is 0 Å². The lowest BCUT2D eigenvalue weighted by molar-refractivity contribution is -0.384. The zero-order chi connectivity index (χ0) is 16.0. The van der Waals surface area contributed by atoms with E-state index in [2.05, 4.69) is 15.5 Å². The number of rotatable bonds is 2. The second-order valence-electron chi connectivity index (χ2n) is 6.24. The minimum atomic E-state index is -0.463. The second-order valence-corrected chi connectivity index (χ2v) is 6.24. The van der Waals surface area contributed by atoms with Gasteiger partial charge in [0.2, 0.25) is 0 Å². The molecule has 23 heavy (non-hydrogen) atoms. The molecule has 2 saturated heterocycles. The number of hydrogen-bond acceptors (Lipinski definition) is 5. The molecule has 4 rings (SSSR count). The van der Waals surface area contributed by atoms with Gasteiger partial charge in [-0.3, -0.25) is 20.0 Å². The number of non-ortho nitro benzene ring substituents is 1. The molecule has 2 unspecified atom stereocenters. The molecule has 1 amide bonds. The first kappa shape index (κ1) is 14.1. The number of nitro groups is 1. The highest BCUT2D eigenvalue weighted by atomic mass is 16.6. The van der Waals surface area contributed by atoms with Gasteiger partial charge in [-0.15, -0.1) is 0 Å². The van der Waals surface area contributed by atoms with E-state index in [4.69, 9.17) is 0 Å². The molecule has 0 radical (unpaired) electrons. The summed E-state index contributed by atoms with van der Waals surface area (Å²) in [6, 6.07) is 5.24. The molecular formula is C15H17N5O3. The summed E-state index contributed by atoms with van der Waals surface area (Å²) in [6.45, 7) is 1.36. The van der Waals surface area contributed by atoms with Crippen LogP contribution < -0.4 is 5.32 Å². The van der Waals surface area contributed by atoms with Gasteiger partial charge in [0.1, 0.15) is 0 Å². The molecule has 2 atom stereocenters. The number of carbonyl (C=O) groups is 1. The lowest BCUT2D eigenvalue weighted by Gasteiger charge is -2.23. The fraction of sp³-hybridized carbons (Fsp3) is 0.467. The SMILES string of the molecule is O=C(c1n[nH]c2ccc([N+](=O)[O-])cc12)N1CCC2CCC(C1)N2. The summed E-state index contributed by atoms with van der Waals surface area (Å²) in [6.07, 6.45) is 3.19. The summed E-state index contributed by atoms with van der Waals surface area (Å²) in [5, 5.41) is 21.9. The Morgan fingerprint density at radius 2 is 2.13 bits per heavy atom. The van der Waals surface area contributed by atoms with E-state index in [0.717, 1.165) is 12.8 Å². The van der Waals surface area contributed by atoms with Crippen molar-refractivity contribution >= 4 is 22.5 Å². The number of amides is 1. The van der Waals surface area contributed by atoms with Crippen molar-refractivity contribution < 1.29 is 9.72 Å². The smallest absolute Gasteiger partial charge is 0.275 e. The molecular weight excluding hydrogens is 298 g/mol. The molecule has 2 aliphatic heterocycles. The van der Waals surface area contributed by atoms with Crippen LogP contribution in [0.1, 0.15) is 29.8 Å². The lowest BCUT2D eigenvalue weighted by atomic mass is 10.1. The molecule has 0 saturated carbocycles. The molecule has 0 aliphatic carbocycles. The van der Waals surface area contributed by atoms with Gasteiger partial charge in [-0.25, -0.2) is 0 Å². The van der Waals surface area contributed by atoms with Gasteiger partial charge in [0.15, 0.2) is 5.69 Å². The number of fused-ring (bicyclic) bond motifs is 3. The third kappa shape index (κ3) is 2.44. The first-order chi connectivity index (χ1) is 11.1. The minimum Gasteiger partial charge on any atom is -0.336 e. The van der Waals surface area contributed by atoms with Crippen LogP contribution in [0.15, 0.2) is 18.2 Å². The topological polar surface area (TPSA) is 104 Å². The van der Waals surface area contributed by atoms with Crippen LogP contribution in [0.4, 0.5) is 5.69 Å². The van der Waals surface area contributed by atoms with Crippen LogP contribution in [0.2, 0.25) is 0 Å². The van der Waals surface area contributed by atoms with Crippen molar-refractivity contribution in [3.8, 4) is 0 Å². The molecule has 1 aromatic carbocycles. The first-order valence-corrected chi connectivity index (χ1v) is 7.79. The third-order valence-electron chi connectivity index (χ3n) is 4.77. The average Bonchev–Trinajstić information content (AvgIpc) is 3.09. The number of H-pyrrole nitrogens is 1. The van der Waals surface area contributed by atoms with E-state index in [9.17, 15) is 14.9 Å². The molecule has 1 aromatic heterocycles.